The van der Waals surface area contributed by atoms with E-state index in [9.17, 15) is 14.4 Å². The quantitative estimate of drug-likeness (QED) is 0.442. The van der Waals surface area contributed by atoms with Crippen LogP contribution in [0.1, 0.15) is 44.1 Å². The van der Waals surface area contributed by atoms with Crippen molar-refractivity contribution >= 4 is 23.8 Å². The van der Waals surface area contributed by atoms with Gasteiger partial charge in [-0.1, -0.05) is 0 Å². The number of ether oxygens (including phenoxy) is 3. The molecule has 0 aliphatic carbocycles. The summed E-state index contributed by atoms with van der Waals surface area (Å²) in [5.74, 6) is 1.87. The second kappa shape index (κ2) is 10.7. The van der Waals surface area contributed by atoms with Crippen LogP contribution in [-0.4, -0.2) is 73.7 Å². The number of amides is 4. The maximum absolute atomic E-state index is 13.6. The number of hydrogen-bond acceptors (Lipinski definition) is 9. The summed E-state index contributed by atoms with van der Waals surface area (Å²) in [6.07, 6.45) is 2.92. The number of nitrogens with zero attached hydrogens (tertiary/aromatic N) is 7. The average Bonchev–Trinajstić information content (AvgIpc) is 3.53. The van der Waals surface area contributed by atoms with Gasteiger partial charge in [-0.25, -0.2) is 19.6 Å². The summed E-state index contributed by atoms with van der Waals surface area (Å²) in [6, 6.07) is 4.79. The Morgan fingerprint density at radius 3 is 2.49 bits per heavy atom. The summed E-state index contributed by atoms with van der Waals surface area (Å²) in [6.45, 7) is 6.32. The molecule has 2 aromatic heterocycles. The molecule has 2 aliphatic rings. The van der Waals surface area contributed by atoms with Gasteiger partial charge in [0, 0.05) is 31.6 Å². The minimum atomic E-state index is -0.603. The molecule has 2 aliphatic heterocycles. The molecule has 0 spiro atoms. The second-order valence-electron chi connectivity index (χ2n) is 10.8. The van der Waals surface area contributed by atoms with Gasteiger partial charge in [0.05, 0.1) is 57.6 Å². The van der Waals surface area contributed by atoms with Gasteiger partial charge in [0.15, 0.2) is 5.82 Å². The highest BCUT2D eigenvalue weighted by molar-refractivity contribution is 6.05. The number of hydrogen-bond donors (Lipinski definition) is 0. The average molecular weight is 564 g/mol. The topological polar surface area (TPSA) is 132 Å². The number of carbonyl (C=O) groups is 3. The molecular weight excluding hydrogens is 530 g/mol. The molecule has 0 radical (unpaired) electrons. The van der Waals surface area contributed by atoms with Gasteiger partial charge in [0.1, 0.15) is 28.6 Å². The Hall–Kier alpha value is -4.68. The highest BCUT2D eigenvalue weighted by Gasteiger charge is 2.36. The van der Waals surface area contributed by atoms with E-state index < -0.39 is 17.7 Å². The third kappa shape index (κ3) is 5.52. The highest BCUT2D eigenvalue weighted by Crippen LogP contribution is 2.30. The van der Waals surface area contributed by atoms with Crippen molar-refractivity contribution in [1.82, 2.24) is 29.3 Å². The smallest absolute Gasteiger partial charge is 0.410 e. The van der Waals surface area contributed by atoms with Gasteiger partial charge >= 0.3 is 12.1 Å². The van der Waals surface area contributed by atoms with Crippen LogP contribution in [0.4, 0.5) is 15.4 Å². The van der Waals surface area contributed by atoms with Gasteiger partial charge in [-0.05, 0) is 32.9 Å². The molecule has 0 atom stereocenters. The van der Waals surface area contributed by atoms with Crippen LogP contribution in [0.5, 0.6) is 11.5 Å². The van der Waals surface area contributed by atoms with Crippen LogP contribution in [0.3, 0.4) is 0 Å². The predicted molar refractivity (Wildman–Crippen MR) is 147 cm³/mol. The van der Waals surface area contributed by atoms with Gasteiger partial charge in [-0.15, -0.1) is 0 Å². The first-order chi connectivity index (χ1) is 19.5. The van der Waals surface area contributed by atoms with Crippen LogP contribution in [0.2, 0.25) is 0 Å². The second-order valence-corrected chi connectivity index (χ2v) is 10.8. The number of methoxy groups -OCH3 is 2. The molecule has 13 nitrogen and oxygen atoms in total. The molecule has 1 saturated heterocycles. The van der Waals surface area contributed by atoms with E-state index >= 15 is 0 Å². The summed E-state index contributed by atoms with van der Waals surface area (Å²) in [4.78, 5) is 57.0. The van der Waals surface area contributed by atoms with E-state index in [1.54, 1.807) is 54.2 Å². The largest absolute Gasteiger partial charge is 0.497 e. The zero-order valence-electron chi connectivity index (χ0n) is 24.0. The number of imidazole rings is 1. The van der Waals surface area contributed by atoms with Gasteiger partial charge < -0.3 is 18.8 Å². The number of fused-ring (bicyclic) bond motifs is 1. The van der Waals surface area contributed by atoms with Crippen molar-refractivity contribution in [1.29, 1.82) is 0 Å². The fourth-order valence-corrected chi connectivity index (χ4v) is 4.79. The van der Waals surface area contributed by atoms with E-state index in [-0.39, 0.29) is 32.0 Å². The first-order valence-electron chi connectivity index (χ1n) is 13.2. The van der Waals surface area contributed by atoms with Crippen LogP contribution in [0.25, 0.3) is 11.5 Å². The molecule has 216 valence electrons. The third-order valence-electron chi connectivity index (χ3n) is 6.87. The first kappa shape index (κ1) is 27.9. The molecule has 4 amide bonds. The minimum absolute atomic E-state index is 0.0521. The third-order valence-corrected chi connectivity index (χ3v) is 6.87. The van der Waals surface area contributed by atoms with Gasteiger partial charge in [0.2, 0.25) is 5.91 Å². The standard InChI is InChI=1S/C28H33N7O6/c1-28(2,3)41-27(38)33-15-20-21(16-33)31-19(12-29-20)25-30-13-23(32(25)4)34-10-9-24(36)35(26(34)37)14-17-7-8-18(39-5)11-22(17)40-6/h7-8,11-13H,9-10,14-16H2,1-6H3. The van der Waals surface area contributed by atoms with Crippen molar-refractivity contribution in [3.8, 4) is 23.0 Å². The van der Waals surface area contributed by atoms with Crippen molar-refractivity contribution in [3.05, 3.63) is 47.5 Å². The first-order valence-corrected chi connectivity index (χ1v) is 13.2. The van der Waals surface area contributed by atoms with Gasteiger partial charge in [0.25, 0.3) is 0 Å². The maximum Gasteiger partial charge on any atom is 0.410 e. The lowest BCUT2D eigenvalue weighted by Gasteiger charge is -2.34. The molecule has 0 bridgehead atoms. The molecule has 5 rings (SSSR count). The molecule has 1 fully saturated rings. The number of imide groups is 1. The van der Waals surface area contributed by atoms with E-state index in [0.717, 1.165) is 0 Å². The van der Waals surface area contributed by atoms with Crippen LogP contribution in [0.15, 0.2) is 30.6 Å². The zero-order valence-corrected chi connectivity index (χ0v) is 24.0. The van der Waals surface area contributed by atoms with Crippen molar-refractivity contribution in [3.63, 3.8) is 0 Å². The van der Waals surface area contributed by atoms with Crippen molar-refractivity contribution in [2.24, 2.45) is 7.05 Å². The number of benzene rings is 1. The molecule has 3 aromatic rings. The Morgan fingerprint density at radius 2 is 1.78 bits per heavy atom. The molecule has 1 aromatic carbocycles. The Bertz CT molecular complexity index is 1510. The lowest BCUT2D eigenvalue weighted by molar-refractivity contribution is -0.129. The van der Waals surface area contributed by atoms with Crippen LogP contribution in [-0.2, 0) is 36.2 Å². The Balaban J connectivity index is 1.35. The molecule has 4 heterocycles. The summed E-state index contributed by atoms with van der Waals surface area (Å²) >= 11 is 0. The Labute approximate surface area is 237 Å². The monoisotopic (exact) mass is 563 g/mol. The zero-order chi connectivity index (χ0) is 29.5. The number of aromatic nitrogens is 4. The summed E-state index contributed by atoms with van der Waals surface area (Å²) < 4.78 is 17.9. The highest BCUT2D eigenvalue weighted by atomic mass is 16.6. The molecule has 0 unspecified atom stereocenters. The molecular formula is C28H33N7O6. The Kier molecular flexibility index (Phi) is 7.28. The lowest BCUT2D eigenvalue weighted by atomic mass is 10.1. The van der Waals surface area contributed by atoms with Crippen LogP contribution in [0, 0.1) is 0 Å². The van der Waals surface area contributed by atoms with Crippen LogP contribution >= 0.6 is 0 Å². The molecule has 41 heavy (non-hydrogen) atoms. The number of urea groups is 1. The fraction of sp³-hybridized carbons (Fsp3) is 0.429. The van der Waals surface area contributed by atoms with Crippen molar-refractivity contribution < 1.29 is 28.6 Å². The minimum Gasteiger partial charge on any atom is -0.497 e. The van der Waals surface area contributed by atoms with Crippen LogP contribution < -0.4 is 14.4 Å². The number of rotatable bonds is 6. The SMILES string of the molecule is COc1ccc(CN2C(=O)CCN(c3cnc(-c4cnc5c(n4)CN(C(=O)OC(C)(C)C)C5)n3C)C2=O)c(OC)c1. The predicted octanol–water partition coefficient (Wildman–Crippen LogP) is 3.50. The fourth-order valence-electron chi connectivity index (χ4n) is 4.79. The molecule has 0 saturated carbocycles. The summed E-state index contributed by atoms with van der Waals surface area (Å²) in [7, 11) is 4.86. The summed E-state index contributed by atoms with van der Waals surface area (Å²) in [5, 5.41) is 0. The van der Waals surface area contributed by atoms with E-state index in [1.165, 1.54) is 16.9 Å². The van der Waals surface area contributed by atoms with E-state index in [1.807, 2.05) is 20.8 Å². The van der Waals surface area contributed by atoms with Crippen molar-refractivity contribution in [2.45, 2.75) is 52.4 Å². The molecule has 13 heteroatoms. The molecule has 0 N–H and O–H groups in total. The van der Waals surface area contributed by atoms with E-state index in [4.69, 9.17) is 19.2 Å². The van der Waals surface area contributed by atoms with Gasteiger partial charge in [-0.3, -0.25) is 24.5 Å². The normalized spacial score (nSPS) is 15.3. The maximum atomic E-state index is 13.6. The number of anilines is 1. The summed E-state index contributed by atoms with van der Waals surface area (Å²) in [5.41, 5.74) is 1.94. The lowest BCUT2D eigenvalue weighted by Crippen LogP contribution is -2.52. The van der Waals surface area contributed by atoms with E-state index in [0.29, 0.717) is 52.3 Å². The van der Waals surface area contributed by atoms with E-state index in [2.05, 4.69) is 9.97 Å². The Morgan fingerprint density at radius 1 is 1.02 bits per heavy atom. The number of carbonyl (C=O) groups excluding carboxylic acids is 3. The van der Waals surface area contributed by atoms with Crippen molar-refractivity contribution in [2.75, 3.05) is 25.7 Å². The van der Waals surface area contributed by atoms with Gasteiger partial charge in [-0.2, -0.15) is 0 Å².